The molecule has 148 valence electrons. The lowest BCUT2D eigenvalue weighted by molar-refractivity contribution is 0.0980. The third-order valence-electron chi connectivity index (χ3n) is 5.01. The van der Waals surface area contributed by atoms with Crippen molar-refractivity contribution in [3.63, 3.8) is 0 Å². The highest BCUT2D eigenvalue weighted by atomic mass is 16.5. The summed E-state index contributed by atoms with van der Waals surface area (Å²) < 4.78 is 10.6. The van der Waals surface area contributed by atoms with E-state index in [9.17, 15) is 4.79 Å². The Labute approximate surface area is 170 Å². The fraction of sp³-hybridized carbons (Fsp3) is 0.217. The van der Waals surface area contributed by atoms with Crippen LogP contribution in [0.4, 0.5) is 17.1 Å². The van der Waals surface area contributed by atoms with Gasteiger partial charge in [-0.15, -0.1) is 0 Å². The van der Waals surface area contributed by atoms with E-state index in [0.29, 0.717) is 23.7 Å². The number of carbonyl (C=O) groups excluding carboxylic acids is 1. The van der Waals surface area contributed by atoms with Crippen LogP contribution >= 0.6 is 0 Å². The topological polar surface area (TPSA) is 63.7 Å². The van der Waals surface area contributed by atoms with E-state index in [-0.39, 0.29) is 5.91 Å². The van der Waals surface area contributed by atoms with Gasteiger partial charge in [-0.3, -0.25) is 9.78 Å². The predicted octanol–water partition coefficient (Wildman–Crippen LogP) is 4.44. The molecule has 0 fully saturated rings. The van der Waals surface area contributed by atoms with Crippen molar-refractivity contribution in [2.75, 3.05) is 31.0 Å². The summed E-state index contributed by atoms with van der Waals surface area (Å²) >= 11 is 0. The molecule has 1 N–H and O–H groups in total. The number of methoxy groups -OCH3 is 2. The molecule has 0 saturated carbocycles. The quantitative estimate of drug-likeness (QED) is 0.699. The Hall–Kier alpha value is -3.54. The Kier molecular flexibility index (Phi) is 5.33. The molecule has 2 aromatic carbocycles. The van der Waals surface area contributed by atoms with Gasteiger partial charge in [0.2, 0.25) is 0 Å². The number of pyridine rings is 1. The fourth-order valence-electron chi connectivity index (χ4n) is 3.59. The number of anilines is 3. The Morgan fingerprint density at radius 3 is 2.62 bits per heavy atom. The maximum atomic E-state index is 13.2. The molecule has 0 unspecified atom stereocenters. The summed E-state index contributed by atoms with van der Waals surface area (Å²) in [6, 6.07) is 17.2. The Morgan fingerprint density at radius 2 is 1.79 bits per heavy atom. The number of carbonyl (C=O) groups is 1. The average Bonchev–Trinajstić information content (AvgIpc) is 2.78. The molecule has 1 amide bonds. The van der Waals surface area contributed by atoms with Gasteiger partial charge >= 0.3 is 0 Å². The fourth-order valence-corrected chi connectivity index (χ4v) is 3.59. The van der Waals surface area contributed by atoms with Gasteiger partial charge in [-0.05, 0) is 48.7 Å². The molecule has 0 radical (unpaired) electrons. The highest BCUT2D eigenvalue weighted by molar-refractivity contribution is 6.06. The average molecular weight is 389 g/mol. The molecule has 6 heteroatoms. The van der Waals surface area contributed by atoms with Crippen LogP contribution in [0.15, 0.2) is 60.8 Å². The lowest BCUT2D eigenvalue weighted by atomic mass is 10.0. The molecular weight excluding hydrogens is 366 g/mol. The highest BCUT2D eigenvalue weighted by Gasteiger charge is 2.24. The first-order valence-corrected chi connectivity index (χ1v) is 9.54. The first kappa shape index (κ1) is 18.8. The van der Waals surface area contributed by atoms with Crippen LogP contribution in [0, 0.1) is 0 Å². The van der Waals surface area contributed by atoms with Crippen LogP contribution in [-0.4, -0.2) is 31.7 Å². The van der Waals surface area contributed by atoms with E-state index in [0.717, 1.165) is 29.9 Å². The van der Waals surface area contributed by atoms with Crippen molar-refractivity contribution in [3.05, 3.63) is 72.1 Å². The van der Waals surface area contributed by atoms with Crippen molar-refractivity contribution in [1.29, 1.82) is 0 Å². The maximum absolute atomic E-state index is 13.2. The lowest BCUT2D eigenvalue weighted by Gasteiger charge is -2.29. The van der Waals surface area contributed by atoms with E-state index in [1.165, 1.54) is 5.56 Å². The number of para-hydroxylation sites is 1. The zero-order valence-corrected chi connectivity index (χ0v) is 16.5. The second-order valence-corrected chi connectivity index (χ2v) is 6.81. The van der Waals surface area contributed by atoms with Gasteiger partial charge in [-0.25, -0.2) is 0 Å². The Morgan fingerprint density at radius 1 is 1.00 bits per heavy atom. The number of benzene rings is 2. The van der Waals surface area contributed by atoms with Crippen molar-refractivity contribution in [2.24, 2.45) is 0 Å². The third-order valence-corrected chi connectivity index (χ3v) is 5.01. The first-order chi connectivity index (χ1) is 14.2. The minimum Gasteiger partial charge on any atom is -0.493 e. The predicted molar refractivity (Wildman–Crippen MR) is 114 cm³/mol. The van der Waals surface area contributed by atoms with Gasteiger partial charge in [-0.1, -0.05) is 18.2 Å². The second-order valence-electron chi connectivity index (χ2n) is 6.81. The molecule has 1 aliphatic heterocycles. The number of aryl methyl sites for hydroxylation is 1. The Balaban J connectivity index is 1.57. The number of hydrogen-bond donors (Lipinski definition) is 1. The molecule has 29 heavy (non-hydrogen) atoms. The maximum Gasteiger partial charge on any atom is 0.276 e. The van der Waals surface area contributed by atoms with Crippen molar-refractivity contribution < 1.29 is 14.3 Å². The third kappa shape index (κ3) is 3.87. The summed E-state index contributed by atoms with van der Waals surface area (Å²) in [6.07, 6.45) is 3.59. The van der Waals surface area contributed by atoms with Crippen LogP contribution in [-0.2, 0) is 6.42 Å². The highest BCUT2D eigenvalue weighted by Crippen LogP contribution is 2.32. The van der Waals surface area contributed by atoms with E-state index >= 15 is 0 Å². The minimum atomic E-state index is -0.0897. The van der Waals surface area contributed by atoms with Gasteiger partial charge < -0.3 is 19.7 Å². The van der Waals surface area contributed by atoms with Crippen LogP contribution < -0.4 is 19.7 Å². The van der Waals surface area contributed by atoms with Gasteiger partial charge in [0.15, 0.2) is 11.5 Å². The summed E-state index contributed by atoms with van der Waals surface area (Å²) in [7, 11) is 3.20. The van der Waals surface area contributed by atoms with Crippen molar-refractivity contribution >= 4 is 23.0 Å². The lowest BCUT2D eigenvalue weighted by Crippen LogP contribution is -2.35. The molecule has 1 aromatic heterocycles. The number of fused-ring (bicyclic) bond motifs is 1. The molecular formula is C23H23N3O3. The standard InChI is InChI=1S/C23H23N3O3/c1-28-21-10-9-17(15-22(21)29-2)25-18-11-12-24-19(14-18)23(27)26-13-5-7-16-6-3-4-8-20(16)26/h3-4,6,8-12,14-15H,5,7,13H2,1-2H3,(H,24,25). The molecule has 2 heterocycles. The SMILES string of the molecule is COc1ccc(Nc2ccnc(C(=O)N3CCCc4ccccc43)c2)cc1OC. The number of hydrogen-bond acceptors (Lipinski definition) is 5. The number of aromatic nitrogens is 1. The molecule has 4 rings (SSSR count). The summed E-state index contributed by atoms with van der Waals surface area (Å²) in [5, 5.41) is 3.30. The monoisotopic (exact) mass is 389 g/mol. The molecule has 0 atom stereocenters. The molecule has 0 bridgehead atoms. The molecule has 3 aromatic rings. The van der Waals surface area contributed by atoms with Gasteiger partial charge in [0.05, 0.1) is 14.2 Å². The van der Waals surface area contributed by atoms with Crippen LogP contribution in [0.25, 0.3) is 0 Å². The van der Waals surface area contributed by atoms with Crippen molar-refractivity contribution in [1.82, 2.24) is 4.98 Å². The van der Waals surface area contributed by atoms with Gasteiger partial charge in [0, 0.05) is 35.9 Å². The minimum absolute atomic E-state index is 0.0897. The van der Waals surface area contributed by atoms with E-state index in [2.05, 4.69) is 16.4 Å². The number of ether oxygens (including phenoxy) is 2. The largest absolute Gasteiger partial charge is 0.493 e. The zero-order chi connectivity index (χ0) is 20.2. The summed E-state index contributed by atoms with van der Waals surface area (Å²) in [6.45, 7) is 0.699. The van der Waals surface area contributed by atoms with E-state index in [1.54, 1.807) is 26.5 Å². The first-order valence-electron chi connectivity index (χ1n) is 9.54. The molecule has 0 spiro atoms. The Bertz CT molecular complexity index is 1040. The van der Waals surface area contributed by atoms with Gasteiger partial charge in [-0.2, -0.15) is 0 Å². The van der Waals surface area contributed by atoms with Crippen LogP contribution in [0.3, 0.4) is 0 Å². The van der Waals surface area contributed by atoms with E-state index in [1.807, 2.05) is 47.4 Å². The molecule has 0 saturated heterocycles. The normalized spacial score (nSPS) is 12.8. The van der Waals surface area contributed by atoms with Crippen LogP contribution in [0.1, 0.15) is 22.5 Å². The summed E-state index contributed by atoms with van der Waals surface area (Å²) in [5.74, 6) is 1.20. The van der Waals surface area contributed by atoms with Gasteiger partial charge in [0.1, 0.15) is 5.69 Å². The van der Waals surface area contributed by atoms with Crippen LogP contribution in [0.5, 0.6) is 11.5 Å². The smallest absolute Gasteiger partial charge is 0.276 e. The molecule has 6 nitrogen and oxygen atoms in total. The zero-order valence-electron chi connectivity index (χ0n) is 16.5. The van der Waals surface area contributed by atoms with Crippen molar-refractivity contribution in [3.8, 4) is 11.5 Å². The molecule has 0 aliphatic carbocycles. The van der Waals surface area contributed by atoms with Crippen molar-refractivity contribution in [2.45, 2.75) is 12.8 Å². The van der Waals surface area contributed by atoms with Gasteiger partial charge in [0.25, 0.3) is 5.91 Å². The second kappa shape index (κ2) is 8.22. The number of amides is 1. The summed E-state index contributed by atoms with van der Waals surface area (Å²) in [4.78, 5) is 19.3. The van der Waals surface area contributed by atoms with E-state index < -0.39 is 0 Å². The summed E-state index contributed by atoms with van der Waals surface area (Å²) in [5.41, 5.74) is 4.19. The van der Waals surface area contributed by atoms with Crippen LogP contribution in [0.2, 0.25) is 0 Å². The molecule has 1 aliphatic rings. The number of nitrogens with one attached hydrogen (secondary N) is 1. The number of rotatable bonds is 5. The number of nitrogens with zero attached hydrogens (tertiary/aromatic N) is 2. The van der Waals surface area contributed by atoms with E-state index in [4.69, 9.17) is 9.47 Å².